The van der Waals surface area contributed by atoms with Gasteiger partial charge in [0, 0.05) is 16.8 Å². The second-order valence-corrected chi connectivity index (χ2v) is 15.9. The molecule has 226 valence electrons. The lowest BCUT2D eigenvalue weighted by Crippen LogP contribution is -2.61. The maximum atomic E-state index is 15.0. The van der Waals surface area contributed by atoms with E-state index < -0.39 is 39.0 Å². The van der Waals surface area contributed by atoms with Crippen LogP contribution in [0.4, 0.5) is 0 Å². The van der Waals surface area contributed by atoms with Gasteiger partial charge in [-0.25, -0.2) is 0 Å². The molecular formula is C33H48N2O5S. The van der Waals surface area contributed by atoms with Crippen molar-refractivity contribution < 1.29 is 24.2 Å². The summed E-state index contributed by atoms with van der Waals surface area (Å²) in [4.78, 5) is 46.6. The van der Waals surface area contributed by atoms with Crippen LogP contribution < -0.4 is 0 Å². The molecule has 0 saturated carbocycles. The van der Waals surface area contributed by atoms with E-state index in [0.717, 1.165) is 18.4 Å². The van der Waals surface area contributed by atoms with Crippen molar-refractivity contribution in [3.8, 4) is 0 Å². The summed E-state index contributed by atoms with van der Waals surface area (Å²) < 4.78 is 4.26. The number of amides is 2. The molecule has 3 saturated heterocycles. The third-order valence-electron chi connectivity index (χ3n) is 9.18. The molecule has 2 amide bonds. The van der Waals surface area contributed by atoms with Crippen LogP contribution in [-0.4, -0.2) is 79.6 Å². The normalized spacial score (nSPS) is 29.8. The van der Waals surface area contributed by atoms with E-state index >= 15 is 4.79 Å². The van der Waals surface area contributed by atoms with Gasteiger partial charge in [-0.05, 0) is 64.4 Å². The van der Waals surface area contributed by atoms with E-state index in [9.17, 15) is 14.7 Å². The smallest absolute Gasteiger partial charge is 0.311 e. The molecule has 3 fully saturated rings. The van der Waals surface area contributed by atoms with Gasteiger partial charge in [-0.1, -0.05) is 57.2 Å². The summed E-state index contributed by atoms with van der Waals surface area (Å²) in [5.74, 6) is -2.04. The molecule has 0 radical (unpaired) electrons. The molecule has 4 rings (SSSR count). The number of ether oxygens (including phenoxy) is 1. The van der Waals surface area contributed by atoms with Gasteiger partial charge in [0.2, 0.25) is 11.8 Å². The topological polar surface area (TPSA) is 87.2 Å². The SMILES string of the molecule is C=CCN(C(=O)C1N([C@@H](CO)Cc2ccccc2)C(=O)[C@@H]2[C@@H](C(=O)OCC)[C@@]3(C)CCC12S3)C(C)(C)CC(C)(C)C. The van der Waals surface area contributed by atoms with E-state index in [2.05, 4.69) is 41.2 Å². The van der Waals surface area contributed by atoms with Crippen molar-refractivity contribution in [1.82, 2.24) is 9.80 Å². The highest BCUT2D eigenvalue weighted by atomic mass is 32.2. The zero-order valence-corrected chi connectivity index (χ0v) is 26.6. The maximum Gasteiger partial charge on any atom is 0.311 e. The summed E-state index contributed by atoms with van der Waals surface area (Å²) in [5, 5.41) is 10.7. The summed E-state index contributed by atoms with van der Waals surface area (Å²) in [5.41, 5.74) is 0.411. The minimum Gasteiger partial charge on any atom is -0.466 e. The monoisotopic (exact) mass is 584 g/mol. The van der Waals surface area contributed by atoms with E-state index in [1.807, 2.05) is 42.2 Å². The second-order valence-electron chi connectivity index (χ2n) is 14.0. The lowest BCUT2D eigenvalue weighted by molar-refractivity contribution is -0.155. The largest absolute Gasteiger partial charge is 0.466 e. The molecule has 1 N–H and O–H groups in total. The molecule has 0 aromatic heterocycles. The molecule has 2 bridgehead atoms. The highest BCUT2D eigenvalue weighted by molar-refractivity contribution is 8.02. The van der Waals surface area contributed by atoms with Gasteiger partial charge in [0.05, 0.1) is 35.8 Å². The van der Waals surface area contributed by atoms with Gasteiger partial charge in [0.25, 0.3) is 0 Å². The summed E-state index contributed by atoms with van der Waals surface area (Å²) in [6.07, 6.45) is 4.28. The van der Waals surface area contributed by atoms with Gasteiger partial charge in [-0.15, -0.1) is 18.3 Å². The lowest BCUT2D eigenvalue weighted by atomic mass is 9.66. The van der Waals surface area contributed by atoms with Crippen LogP contribution in [-0.2, 0) is 25.5 Å². The molecule has 7 nitrogen and oxygen atoms in total. The maximum absolute atomic E-state index is 15.0. The number of rotatable bonds is 11. The Bertz CT molecular complexity index is 1160. The van der Waals surface area contributed by atoms with E-state index in [1.54, 1.807) is 29.7 Å². The van der Waals surface area contributed by atoms with Gasteiger partial charge in [-0.2, -0.15) is 0 Å². The first-order valence-electron chi connectivity index (χ1n) is 14.9. The molecule has 6 atom stereocenters. The average Bonchev–Trinajstić information content (AvgIpc) is 3.45. The van der Waals surface area contributed by atoms with Crippen molar-refractivity contribution >= 4 is 29.5 Å². The first-order chi connectivity index (χ1) is 19.2. The predicted octanol–water partition coefficient (Wildman–Crippen LogP) is 4.86. The van der Waals surface area contributed by atoms with Gasteiger partial charge >= 0.3 is 5.97 Å². The zero-order chi connectivity index (χ0) is 30.4. The van der Waals surface area contributed by atoms with Crippen LogP contribution in [0.3, 0.4) is 0 Å². The van der Waals surface area contributed by atoms with Gasteiger partial charge in [-0.3, -0.25) is 14.4 Å². The molecule has 3 aliphatic heterocycles. The van der Waals surface area contributed by atoms with Crippen molar-refractivity contribution in [3.05, 3.63) is 48.6 Å². The molecule has 0 aliphatic carbocycles. The Balaban J connectivity index is 1.85. The first kappa shape index (κ1) is 31.6. The molecule has 2 unspecified atom stereocenters. The van der Waals surface area contributed by atoms with Crippen LogP contribution in [0.15, 0.2) is 43.0 Å². The number of likely N-dealkylation sites (tertiary alicyclic amines) is 1. The van der Waals surface area contributed by atoms with Crippen LogP contribution in [0.2, 0.25) is 0 Å². The summed E-state index contributed by atoms with van der Waals surface area (Å²) in [6.45, 7) is 18.7. The van der Waals surface area contributed by atoms with Crippen LogP contribution in [0, 0.1) is 17.3 Å². The van der Waals surface area contributed by atoms with E-state index in [4.69, 9.17) is 4.74 Å². The second kappa shape index (κ2) is 11.4. The fourth-order valence-electron chi connectivity index (χ4n) is 8.07. The Kier molecular flexibility index (Phi) is 8.79. The van der Waals surface area contributed by atoms with Crippen LogP contribution in [0.1, 0.15) is 73.3 Å². The summed E-state index contributed by atoms with van der Waals surface area (Å²) in [7, 11) is 0. The van der Waals surface area contributed by atoms with Crippen LogP contribution in [0.25, 0.3) is 0 Å². The van der Waals surface area contributed by atoms with Crippen molar-refractivity contribution in [1.29, 1.82) is 0 Å². The Morgan fingerprint density at radius 1 is 1.22 bits per heavy atom. The Morgan fingerprint density at radius 2 is 1.88 bits per heavy atom. The number of hydrogen-bond acceptors (Lipinski definition) is 6. The number of esters is 1. The molecule has 1 spiro atoms. The fourth-order valence-corrected chi connectivity index (χ4v) is 10.4. The van der Waals surface area contributed by atoms with E-state index in [0.29, 0.717) is 19.4 Å². The Hall–Kier alpha value is -2.32. The highest BCUT2D eigenvalue weighted by Crippen LogP contribution is 2.72. The summed E-state index contributed by atoms with van der Waals surface area (Å²) >= 11 is 1.63. The van der Waals surface area contributed by atoms with Crippen LogP contribution >= 0.6 is 11.8 Å². The van der Waals surface area contributed by atoms with Crippen molar-refractivity contribution in [3.63, 3.8) is 0 Å². The van der Waals surface area contributed by atoms with Crippen molar-refractivity contribution in [2.24, 2.45) is 17.3 Å². The number of hydrogen-bond donors (Lipinski definition) is 1. The lowest BCUT2D eigenvalue weighted by Gasteiger charge is -2.46. The quantitative estimate of drug-likeness (QED) is 0.295. The number of aliphatic hydroxyl groups is 1. The minimum absolute atomic E-state index is 0.0425. The van der Waals surface area contributed by atoms with Crippen LogP contribution in [0.5, 0.6) is 0 Å². The number of carbonyl (C=O) groups excluding carboxylic acids is 3. The molecule has 8 heteroatoms. The molecule has 1 aromatic rings. The van der Waals surface area contributed by atoms with E-state index in [-0.39, 0.29) is 36.4 Å². The first-order valence-corrected chi connectivity index (χ1v) is 15.7. The molecular weight excluding hydrogens is 536 g/mol. The van der Waals surface area contributed by atoms with Gasteiger partial charge < -0.3 is 19.6 Å². The minimum atomic E-state index is -0.814. The number of benzene rings is 1. The van der Waals surface area contributed by atoms with Gasteiger partial charge in [0.1, 0.15) is 6.04 Å². The highest BCUT2D eigenvalue weighted by Gasteiger charge is 2.78. The third-order valence-corrected chi connectivity index (χ3v) is 11.2. The van der Waals surface area contributed by atoms with E-state index in [1.165, 1.54) is 0 Å². The molecule has 3 heterocycles. The van der Waals surface area contributed by atoms with Gasteiger partial charge in [0.15, 0.2) is 0 Å². The predicted molar refractivity (Wildman–Crippen MR) is 163 cm³/mol. The third kappa shape index (κ3) is 5.58. The number of thioether (sulfide) groups is 1. The zero-order valence-electron chi connectivity index (χ0n) is 25.8. The standard InChI is InChI=1S/C33H48N2O5S/c1-9-18-34(31(6,7)21-30(3,4)5)28(38)26-33-17-16-32(8,41-33)25(29(39)40-10-2)24(33)27(37)35(26)23(20-36)19-22-14-12-11-13-15-22/h9,11-15,23-26,36H,1,10,16-21H2,2-8H3/t23-,24+,25+,26?,32-,33?/m1/s1. The number of fused-ring (bicyclic) bond motifs is 1. The fraction of sp³-hybridized carbons (Fsp3) is 0.667. The molecule has 1 aromatic carbocycles. The Labute approximate surface area is 250 Å². The average molecular weight is 585 g/mol. The summed E-state index contributed by atoms with van der Waals surface area (Å²) in [6, 6.07) is 8.31. The number of nitrogens with zero attached hydrogens (tertiary/aromatic N) is 2. The number of carbonyl (C=O) groups is 3. The number of aliphatic hydroxyl groups excluding tert-OH is 1. The molecule has 3 aliphatic rings. The van der Waals surface area contributed by atoms with Crippen molar-refractivity contribution in [2.75, 3.05) is 19.8 Å². The molecule has 41 heavy (non-hydrogen) atoms. The van der Waals surface area contributed by atoms with Crippen molar-refractivity contribution in [2.45, 2.75) is 101 Å². The Morgan fingerprint density at radius 3 is 2.44 bits per heavy atom.